The van der Waals surface area contributed by atoms with Gasteiger partial charge in [0.2, 0.25) is 5.91 Å². The molecule has 2 amide bonds. The van der Waals surface area contributed by atoms with E-state index in [0.29, 0.717) is 12.2 Å². The zero-order valence-electron chi connectivity index (χ0n) is 16.0. The van der Waals surface area contributed by atoms with E-state index in [1.165, 1.54) is 24.3 Å². The summed E-state index contributed by atoms with van der Waals surface area (Å²) >= 11 is 0. The lowest BCUT2D eigenvalue weighted by atomic mass is 10.0. The number of ether oxygens (including phenoxy) is 2. The van der Waals surface area contributed by atoms with Gasteiger partial charge in [-0.3, -0.25) is 4.79 Å². The maximum absolute atomic E-state index is 12.9. The van der Waals surface area contributed by atoms with Crippen LogP contribution in [0.5, 0.6) is 5.75 Å². The van der Waals surface area contributed by atoms with Crippen molar-refractivity contribution in [3.05, 3.63) is 30.1 Å². The lowest BCUT2D eigenvalue weighted by Gasteiger charge is -2.23. The van der Waals surface area contributed by atoms with Crippen molar-refractivity contribution in [2.75, 3.05) is 6.61 Å². The summed E-state index contributed by atoms with van der Waals surface area (Å²) < 4.78 is 23.4. The van der Waals surface area contributed by atoms with Crippen molar-refractivity contribution in [2.45, 2.75) is 59.2 Å². The van der Waals surface area contributed by atoms with E-state index in [0.717, 1.165) is 0 Å². The van der Waals surface area contributed by atoms with Gasteiger partial charge in [-0.2, -0.15) is 0 Å². The average molecular weight is 368 g/mol. The average Bonchev–Trinajstić information content (AvgIpc) is 2.52. The molecule has 6 nitrogen and oxygen atoms in total. The van der Waals surface area contributed by atoms with Crippen LogP contribution < -0.4 is 15.4 Å². The van der Waals surface area contributed by atoms with Crippen LogP contribution in [0.1, 0.15) is 41.0 Å². The molecule has 0 aliphatic carbocycles. The van der Waals surface area contributed by atoms with Crippen molar-refractivity contribution in [1.82, 2.24) is 10.6 Å². The number of hydrogen-bond donors (Lipinski definition) is 2. The molecule has 0 heterocycles. The minimum absolute atomic E-state index is 0.218. The minimum atomic E-state index is -0.686. The number of amides is 2. The largest absolute Gasteiger partial charge is 0.491 e. The molecule has 2 N–H and O–H groups in total. The second-order valence-electron chi connectivity index (χ2n) is 6.96. The molecule has 0 aliphatic heterocycles. The van der Waals surface area contributed by atoms with Crippen LogP contribution in [-0.4, -0.2) is 36.8 Å². The summed E-state index contributed by atoms with van der Waals surface area (Å²) in [5, 5.41) is 5.43. The number of alkyl carbamates (subject to hydrolysis) is 1. The standard InChI is InChI=1S/C19H29FN2O4/c1-12(2)10-17(22-19(24)26-13(3)4)18(23)21-14(5)11-25-16-8-6-15(20)7-9-16/h6-9,12-14,17H,10-11H2,1-5H3,(H,21,23)(H,22,24). The van der Waals surface area contributed by atoms with Crippen molar-refractivity contribution in [3.63, 3.8) is 0 Å². The molecule has 0 bridgehead atoms. The quantitative estimate of drug-likeness (QED) is 0.701. The van der Waals surface area contributed by atoms with Gasteiger partial charge in [0, 0.05) is 0 Å². The van der Waals surface area contributed by atoms with Crippen LogP contribution in [0, 0.1) is 11.7 Å². The monoisotopic (exact) mass is 368 g/mol. The lowest BCUT2D eigenvalue weighted by molar-refractivity contribution is -0.124. The Balaban J connectivity index is 2.54. The van der Waals surface area contributed by atoms with Crippen LogP contribution in [0.4, 0.5) is 9.18 Å². The van der Waals surface area contributed by atoms with Gasteiger partial charge in [0.05, 0.1) is 12.1 Å². The number of halogens is 1. The molecule has 2 atom stereocenters. The first-order valence-corrected chi connectivity index (χ1v) is 8.83. The van der Waals surface area contributed by atoms with E-state index in [1.807, 2.05) is 13.8 Å². The highest BCUT2D eigenvalue weighted by Gasteiger charge is 2.24. The summed E-state index contributed by atoms with van der Waals surface area (Å²) in [6.45, 7) is 9.44. The van der Waals surface area contributed by atoms with Crippen molar-refractivity contribution in [3.8, 4) is 5.75 Å². The number of hydrogen-bond acceptors (Lipinski definition) is 4. The third kappa shape index (κ3) is 8.69. The summed E-state index contributed by atoms with van der Waals surface area (Å²) in [7, 11) is 0. The molecule has 0 aromatic heterocycles. The predicted molar refractivity (Wildman–Crippen MR) is 97.5 cm³/mol. The first-order chi connectivity index (χ1) is 12.2. The highest BCUT2D eigenvalue weighted by atomic mass is 19.1. The Morgan fingerprint density at radius 2 is 1.65 bits per heavy atom. The van der Waals surface area contributed by atoms with E-state index in [2.05, 4.69) is 10.6 Å². The lowest BCUT2D eigenvalue weighted by Crippen LogP contribution is -2.51. The number of nitrogens with one attached hydrogen (secondary N) is 2. The Labute approximate surface area is 154 Å². The van der Waals surface area contributed by atoms with E-state index >= 15 is 0 Å². The Bertz CT molecular complexity index is 575. The molecule has 7 heteroatoms. The SMILES string of the molecule is CC(C)CC(NC(=O)OC(C)C)C(=O)NC(C)COc1ccc(F)cc1. The second-order valence-corrected chi connectivity index (χ2v) is 6.96. The Hall–Kier alpha value is -2.31. The summed E-state index contributed by atoms with van der Waals surface area (Å²) in [4.78, 5) is 24.3. The molecule has 0 saturated carbocycles. The fourth-order valence-corrected chi connectivity index (χ4v) is 2.23. The van der Waals surface area contributed by atoms with Crippen molar-refractivity contribution in [2.24, 2.45) is 5.92 Å². The van der Waals surface area contributed by atoms with Gasteiger partial charge >= 0.3 is 6.09 Å². The zero-order chi connectivity index (χ0) is 19.7. The molecule has 1 aromatic rings. The summed E-state index contributed by atoms with van der Waals surface area (Å²) in [5.74, 6) is 0.102. The molecule has 146 valence electrons. The molecule has 2 unspecified atom stereocenters. The summed E-state index contributed by atoms with van der Waals surface area (Å²) in [6, 6.07) is 4.69. The maximum Gasteiger partial charge on any atom is 0.408 e. The van der Waals surface area contributed by atoms with E-state index < -0.39 is 12.1 Å². The number of carbonyl (C=O) groups is 2. The third-order valence-corrected chi connectivity index (χ3v) is 3.36. The van der Waals surface area contributed by atoms with Crippen molar-refractivity contribution < 1.29 is 23.5 Å². The Kier molecular flexibility index (Phi) is 8.88. The number of rotatable bonds is 9. The molecule has 0 fully saturated rings. The van der Waals surface area contributed by atoms with Gasteiger partial charge in [-0.05, 0) is 57.4 Å². The molecule has 26 heavy (non-hydrogen) atoms. The van der Waals surface area contributed by atoms with Crippen LogP contribution in [-0.2, 0) is 9.53 Å². The van der Waals surface area contributed by atoms with Crippen LogP contribution in [0.3, 0.4) is 0 Å². The van der Waals surface area contributed by atoms with Crippen LogP contribution >= 0.6 is 0 Å². The van der Waals surface area contributed by atoms with E-state index in [1.54, 1.807) is 20.8 Å². The summed E-state index contributed by atoms with van der Waals surface area (Å²) in [5.41, 5.74) is 0. The second kappa shape index (κ2) is 10.6. The van der Waals surface area contributed by atoms with Crippen molar-refractivity contribution >= 4 is 12.0 Å². The van der Waals surface area contributed by atoms with Gasteiger partial charge in [0.25, 0.3) is 0 Å². The molecular weight excluding hydrogens is 339 g/mol. The molecule has 0 saturated heterocycles. The molecule has 1 rings (SSSR count). The molecule has 0 spiro atoms. The van der Waals surface area contributed by atoms with E-state index in [-0.39, 0.29) is 36.4 Å². The number of carbonyl (C=O) groups excluding carboxylic acids is 2. The van der Waals surface area contributed by atoms with Gasteiger partial charge in [-0.15, -0.1) is 0 Å². The highest BCUT2D eigenvalue weighted by molar-refractivity contribution is 5.85. The Morgan fingerprint density at radius 3 is 2.19 bits per heavy atom. The normalized spacial score (nSPS) is 13.2. The van der Waals surface area contributed by atoms with Gasteiger partial charge in [-0.1, -0.05) is 13.8 Å². The summed E-state index contributed by atoms with van der Waals surface area (Å²) in [6.07, 6.45) is -0.387. The minimum Gasteiger partial charge on any atom is -0.491 e. The van der Waals surface area contributed by atoms with Gasteiger partial charge < -0.3 is 20.1 Å². The van der Waals surface area contributed by atoms with Crippen LogP contribution in [0.15, 0.2) is 24.3 Å². The topological polar surface area (TPSA) is 76.7 Å². The zero-order valence-corrected chi connectivity index (χ0v) is 16.0. The van der Waals surface area contributed by atoms with Crippen molar-refractivity contribution in [1.29, 1.82) is 0 Å². The number of benzene rings is 1. The first-order valence-electron chi connectivity index (χ1n) is 8.83. The van der Waals surface area contributed by atoms with Gasteiger partial charge in [0.1, 0.15) is 24.2 Å². The molecule has 0 aliphatic rings. The predicted octanol–water partition coefficient (Wildman–Crippen LogP) is 3.26. The molecular formula is C19H29FN2O4. The fourth-order valence-electron chi connectivity index (χ4n) is 2.23. The van der Waals surface area contributed by atoms with Crippen LogP contribution in [0.25, 0.3) is 0 Å². The van der Waals surface area contributed by atoms with E-state index in [4.69, 9.17) is 9.47 Å². The molecule has 1 aromatic carbocycles. The smallest absolute Gasteiger partial charge is 0.408 e. The fraction of sp³-hybridized carbons (Fsp3) is 0.579. The first kappa shape index (κ1) is 21.7. The highest BCUT2D eigenvalue weighted by Crippen LogP contribution is 2.11. The van der Waals surface area contributed by atoms with Crippen LogP contribution in [0.2, 0.25) is 0 Å². The van der Waals surface area contributed by atoms with Gasteiger partial charge in [-0.25, -0.2) is 9.18 Å². The third-order valence-electron chi connectivity index (χ3n) is 3.36. The van der Waals surface area contributed by atoms with Gasteiger partial charge in [0.15, 0.2) is 0 Å². The molecule has 0 radical (unpaired) electrons. The Morgan fingerprint density at radius 1 is 1.04 bits per heavy atom. The van der Waals surface area contributed by atoms with E-state index in [9.17, 15) is 14.0 Å². The maximum atomic E-state index is 12.9.